The average Bonchev–Trinajstić information content (AvgIpc) is 2.89. The number of rotatable bonds is 0. The molecule has 0 radical (unpaired) electrons. The van der Waals surface area contributed by atoms with Gasteiger partial charge in [-0.15, -0.1) is 0 Å². The van der Waals surface area contributed by atoms with Gasteiger partial charge in [0.05, 0.1) is 0 Å². The van der Waals surface area contributed by atoms with Crippen molar-refractivity contribution in [3.8, 4) is 0 Å². The van der Waals surface area contributed by atoms with Crippen LogP contribution in [-0.4, -0.2) is 5.60 Å². The van der Waals surface area contributed by atoms with Crippen molar-refractivity contribution in [3.63, 3.8) is 0 Å². The van der Waals surface area contributed by atoms with E-state index in [1.54, 1.807) is 0 Å². The van der Waals surface area contributed by atoms with Gasteiger partial charge >= 0.3 is 0 Å². The van der Waals surface area contributed by atoms with Crippen LogP contribution in [0.5, 0.6) is 0 Å². The molecule has 5 rings (SSSR count). The third-order valence-corrected chi connectivity index (χ3v) is 4.56. The fourth-order valence-corrected chi connectivity index (χ4v) is 3.61. The third kappa shape index (κ3) is 0.803. The van der Waals surface area contributed by atoms with Gasteiger partial charge in [0, 0.05) is 0 Å². The molecule has 1 aliphatic heterocycles. The molecule has 1 saturated heterocycles. The lowest BCUT2D eigenvalue weighted by atomic mass is 9.75. The van der Waals surface area contributed by atoms with Crippen molar-refractivity contribution in [3.05, 3.63) is 70.8 Å². The Kier molecular flexibility index (Phi) is 1.32. The maximum absolute atomic E-state index is 6.12. The molecule has 0 amide bonds. The summed E-state index contributed by atoms with van der Waals surface area (Å²) in [5.41, 5.74) is 5.08. The van der Waals surface area contributed by atoms with Crippen molar-refractivity contribution in [1.82, 2.24) is 0 Å². The van der Waals surface area contributed by atoms with E-state index >= 15 is 0 Å². The van der Waals surface area contributed by atoms with Crippen LogP contribution in [-0.2, 0) is 16.8 Å². The summed E-state index contributed by atoms with van der Waals surface area (Å²) in [7, 11) is 0. The second-order valence-corrected chi connectivity index (χ2v) is 5.38. The molecule has 0 N–H and O–H groups in total. The van der Waals surface area contributed by atoms with E-state index in [1.807, 2.05) is 0 Å². The molecule has 4 aliphatic rings. The highest BCUT2D eigenvalue weighted by Crippen LogP contribution is 2.63. The Morgan fingerprint density at radius 2 is 1.94 bits per heavy atom. The first-order chi connectivity index (χ1) is 8.85. The molecule has 0 saturated carbocycles. The summed E-state index contributed by atoms with van der Waals surface area (Å²) in [5.74, 6) is 0. The normalized spacial score (nSPS) is 36.0. The number of hydrogen-bond donors (Lipinski definition) is 0. The van der Waals surface area contributed by atoms with Crippen LogP contribution >= 0.6 is 0 Å². The summed E-state index contributed by atoms with van der Waals surface area (Å²) in [6.45, 7) is 0. The van der Waals surface area contributed by atoms with Gasteiger partial charge in [-0.05, 0) is 46.9 Å². The summed E-state index contributed by atoms with van der Waals surface area (Å²) >= 11 is 0. The van der Waals surface area contributed by atoms with E-state index in [2.05, 4.69) is 60.7 Å². The van der Waals surface area contributed by atoms with E-state index in [-0.39, 0.29) is 11.2 Å². The average molecular weight is 232 g/mol. The summed E-state index contributed by atoms with van der Waals surface area (Å²) in [5, 5.41) is 0. The zero-order valence-corrected chi connectivity index (χ0v) is 9.89. The van der Waals surface area contributed by atoms with Crippen molar-refractivity contribution in [2.75, 3.05) is 0 Å². The summed E-state index contributed by atoms with van der Waals surface area (Å²) < 4.78 is 6.12. The Morgan fingerprint density at radius 1 is 1.00 bits per heavy atom. The van der Waals surface area contributed by atoms with Crippen LogP contribution in [0.15, 0.2) is 48.6 Å². The largest absolute Gasteiger partial charge is 0.344 e. The van der Waals surface area contributed by atoms with Crippen molar-refractivity contribution in [2.45, 2.75) is 17.6 Å². The Hall–Kier alpha value is -1.86. The molecule has 3 aliphatic carbocycles. The Morgan fingerprint density at radius 3 is 2.94 bits per heavy atom. The van der Waals surface area contributed by atoms with Crippen LogP contribution in [0, 0.1) is 0 Å². The topological polar surface area (TPSA) is 12.5 Å². The molecule has 0 unspecified atom stereocenters. The summed E-state index contributed by atoms with van der Waals surface area (Å²) in [6, 6.07) is 4.46. The smallest absolute Gasteiger partial charge is 0.150 e. The fourth-order valence-electron chi connectivity index (χ4n) is 3.61. The monoisotopic (exact) mass is 232 g/mol. The Bertz CT molecular complexity index is 705. The second-order valence-electron chi connectivity index (χ2n) is 5.38. The lowest BCUT2D eigenvalue weighted by Gasteiger charge is -2.23. The summed E-state index contributed by atoms with van der Waals surface area (Å²) in [4.78, 5) is 0. The SMILES string of the molecule is C1=C[C@]23C=Cc4c(ccc5c4CC=C5)[C@]2(C=C1)O3. The molecule has 0 aromatic heterocycles. The van der Waals surface area contributed by atoms with Gasteiger partial charge in [0.25, 0.3) is 0 Å². The van der Waals surface area contributed by atoms with E-state index in [1.165, 1.54) is 22.3 Å². The van der Waals surface area contributed by atoms with E-state index in [9.17, 15) is 0 Å². The molecular formula is C17H12O. The van der Waals surface area contributed by atoms with E-state index < -0.39 is 0 Å². The highest BCUT2D eigenvalue weighted by atomic mass is 16.6. The third-order valence-electron chi connectivity index (χ3n) is 4.56. The summed E-state index contributed by atoms with van der Waals surface area (Å²) in [6.07, 6.45) is 18.5. The first-order valence-corrected chi connectivity index (χ1v) is 6.44. The second kappa shape index (κ2) is 2.60. The molecule has 1 aromatic rings. The lowest BCUT2D eigenvalue weighted by Crippen LogP contribution is -2.24. The molecule has 2 atom stereocenters. The van der Waals surface area contributed by atoms with Crippen LogP contribution in [0.2, 0.25) is 0 Å². The van der Waals surface area contributed by atoms with Gasteiger partial charge in [-0.2, -0.15) is 0 Å². The quantitative estimate of drug-likeness (QED) is 0.625. The fraction of sp³-hybridized carbons (Fsp3) is 0.176. The van der Waals surface area contributed by atoms with Crippen molar-refractivity contribution >= 4 is 12.2 Å². The molecule has 0 spiro atoms. The molecule has 1 nitrogen and oxygen atoms in total. The molecule has 18 heavy (non-hydrogen) atoms. The van der Waals surface area contributed by atoms with Gasteiger partial charge in [-0.3, -0.25) is 0 Å². The Labute approximate surface area is 106 Å². The number of hydrogen-bond acceptors (Lipinski definition) is 1. The zero-order valence-electron chi connectivity index (χ0n) is 9.89. The number of allylic oxidation sites excluding steroid dienone is 3. The molecule has 1 fully saturated rings. The minimum atomic E-state index is -0.219. The first kappa shape index (κ1) is 9.12. The van der Waals surface area contributed by atoms with Gasteiger partial charge in [0.1, 0.15) is 5.60 Å². The Balaban J connectivity index is 1.83. The standard InChI is InChI=1S/C17H12O/c1-2-10-17-15-7-6-12-4-3-5-13(12)14(15)8-11-16(17,9-1)18-17/h1-4,6-11H,5H2/t16-,17-/m0/s1. The van der Waals surface area contributed by atoms with Crippen LogP contribution < -0.4 is 0 Å². The van der Waals surface area contributed by atoms with Crippen LogP contribution in [0.4, 0.5) is 0 Å². The van der Waals surface area contributed by atoms with E-state index in [4.69, 9.17) is 4.74 Å². The number of benzene rings is 1. The van der Waals surface area contributed by atoms with Gasteiger partial charge in [0.15, 0.2) is 5.60 Å². The molecular weight excluding hydrogens is 220 g/mol. The molecule has 1 heterocycles. The van der Waals surface area contributed by atoms with Crippen molar-refractivity contribution < 1.29 is 4.74 Å². The predicted octanol–water partition coefficient (Wildman–Crippen LogP) is 3.37. The maximum atomic E-state index is 6.12. The zero-order chi connectivity index (χ0) is 11.8. The lowest BCUT2D eigenvalue weighted by molar-refractivity contribution is 0.328. The van der Waals surface area contributed by atoms with Gasteiger partial charge in [-0.25, -0.2) is 0 Å². The van der Waals surface area contributed by atoms with E-state index in [0.717, 1.165) is 6.42 Å². The maximum Gasteiger partial charge on any atom is 0.150 e. The van der Waals surface area contributed by atoms with Gasteiger partial charge in [0.2, 0.25) is 0 Å². The van der Waals surface area contributed by atoms with E-state index in [0.29, 0.717) is 0 Å². The highest BCUT2D eigenvalue weighted by Gasteiger charge is 2.69. The van der Waals surface area contributed by atoms with Crippen molar-refractivity contribution in [1.29, 1.82) is 0 Å². The van der Waals surface area contributed by atoms with Crippen LogP contribution in [0.3, 0.4) is 0 Å². The van der Waals surface area contributed by atoms with Gasteiger partial charge in [-0.1, -0.05) is 42.5 Å². The predicted molar refractivity (Wildman–Crippen MR) is 72.0 cm³/mol. The number of ether oxygens (including phenoxy) is 1. The number of epoxide rings is 1. The first-order valence-electron chi connectivity index (χ1n) is 6.44. The van der Waals surface area contributed by atoms with Crippen molar-refractivity contribution in [2.24, 2.45) is 0 Å². The molecule has 1 aromatic carbocycles. The van der Waals surface area contributed by atoms with Crippen LogP contribution in [0.25, 0.3) is 12.2 Å². The highest BCUT2D eigenvalue weighted by molar-refractivity contribution is 5.77. The minimum Gasteiger partial charge on any atom is -0.344 e. The minimum absolute atomic E-state index is 0.199. The molecule has 0 bridgehead atoms. The molecule has 1 heteroatoms. The molecule has 86 valence electrons. The van der Waals surface area contributed by atoms with Gasteiger partial charge < -0.3 is 4.74 Å². The van der Waals surface area contributed by atoms with Crippen LogP contribution in [0.1, 0.15) is 22.3 Å². The number of fused-ring (bicyclic) bond motifs is 3.